The van der Waals surface area contributed by atoms with Gasteiger partial charge in [-0.05, 0) is 30.5 Å². The lowest BCUT2D eigenvalue weighted by molar-refractivity contribution is -0.122. The van der Waals surface area contributed by atoms with E-state index in [9.17, 15) is 4.79 Å². The zero-order valence-corrected chi connectivity index (χ0v) is 16.5. The lowest BCUT2D eigenvalue weighted by Crippen LogP contribution is -2.46. The number of ether oxygens (including phenoxy) is 1. The standard InChI is InChI=1S/C24H30N2O2/c27-24(25-20-12-6-1-2-7-13-20)16-21-18-28-23-15-9-8-14-22(23)26(21)17-19-10-4-3-5-11-19/h3-5,8-11,14-15,20-21H,1-2,6-7,12-13,16-18H2,(H,25,27)/t21-/m1/s1. The maximum absolute atomic E-state index is 12.8. The summed E-state index contributed by atoms with van der Waals surface area (Å²) >= 11 is 0. The van der Waals surface area contributed by atoms with E-state index in [1.165, 1.54) is 31.2 Å². The molecule has 1 N–H and O–H groups in total. The molecule has 0 bridgehead atoms. The summed E-state index contributed by atoms with van der Waals surface area (Å²) in [5, 5.41) is 3.29. The number of nitrogens with zero attached hydrogens (tertiary/aromatic N) is 1. The number of hydrogen-bond acceptors (Lipinski definition) is 3. The van der Waals surface area contributed by atoms with Crippen molar-refractivity contribution in [3.63, 3.8) is 0 Å². The fourth-order valence-corrected chi connectivity index (χ4v) is 4.38. The van der Waals surface area contributed by atoms with Crippen LogP contribution in [0.3, 0.4) is 0 Å². The number of carbonyl (C=O) groups is 1. The van der Waals surface area contributed by atoms with Gasteiger partial charge in [-0.15, -0.1) is 0 Å². The molecule has 1 amide bonds. The highest BCUT2D eigenvalue weighted by Gasteiger charge is 2.30. The molecule has 148 valence electrons. The van der Waals surface area contributed by atoms with Crippen molar-refractivity contribution in [1.29, 1.82) is 0 Å². The van der Waals surface area contributed by atoms with Crippen LogP contribution in [0.5, 0.6) is 5.75 Å². The molecule has 0 radical (unpaired) electrons. The van der Waals surface area contributed by atoms with Gasteiger partial charge in [-0.1, -0.05) is 68.1 Å². The molecule has 0 saturated heterocycles. The largest absolute Gasteiger partial charge is 0.489 e. The van der Waals surface area contributed by atoms with Crippen molar-refractivity contribution in [3.8, 4) is 5.75 Å². The van der Waals surface area contributed by atoms with E-state index in [1.807, 2.05) is 24.3 Å². The highest BCUT2D eigenvalue weighted by atomic mass is 16.5. The normalized spacial score (nSPS) is 20.0. The molecule has 4 rings (SSSR count). The third kappa shape index (κ3) is 4.67. The lowest BCUT2D eigenvalue weighted by atomic mass is 10.0. The molecule has 0 aromatic heterocycles. The van der Waals surface area contributed by atoms with Gasteiger partial charge in [0.05, 0.1) is 18.2 Å². The second-order valence-corrected chi connectivity index (χ2v) is 8.01. The summed E-state index contributed by atoms with van der Waals surface area (Å²) in [7, 11) is 0. The van der Waals surface area contributed by atoms with Crippen molar-refractivity contribution in [2.75, 3.05) is 11.5 Å². The Morgan fingerprint density at radius 3 is 2.46 bits per heavy atom. The topological polar surface area (TPSA) is 41.6 Å². The van der Waals surface area contributed by atoms with Crippen LogP contribution in [0.15, 0.2) is 54.6 Å². The lowest BCUT2D eigenvalue weighted by Gasteiger charge is -2.38. The molecule has 1 aliphatic carbocycles. The van der Waals surface area contributed by atoms with Crippen LogP contribution in [0.25, 0.3) is 0 Å². The number of para-hydroxylation sites is 2. The van der Waals surface area contributed by atoms with Crippen LogP contribution >= 0.6 is 0 Å². The Balaban J connectivity index is 1.47. The van der Waals surface area contributed by atoms with E-state index in [-0.39, 0.29) is 11.9 Å². The second kappa shape index (κ2) is 9.13. The molecule has 1 heterocycles. The minimum absolute atomic E-state index is 0.0425. The van der Waals surface area contributed by atoms with Gasteiger partial charge in [0.1, 0.15) is 12.4 Å². The summed E-state index contributed by atoms with van der Waals surface area (Å²) in [5.74, 6) is 1.05. The SMILES string of the molecule is O=C(C[C@@H]1COc2ccccc2N1Cc1ccccc1)NC1CCCCCC1. The Hall–Kier alpha value is -2.49. The smallest absolute Gasteiger partial charge is 0.222 e. The molecular weight excluding hydrogens is 348 g/mol. The first-order valence-corrected chi connectivity index (χ1v) is 10.6. The van der Waals surface area contributed by atoms with Crippen molar-refractivity contribution in [3.05, 3.63) is 60.2 Å². The van der Waals surface area contributed by atoms with Gasteiger partial charge in [-0.2, -0.15) is 0 Å². The number of fused-ring (bicyclic) bond motifs is 1. The fourth-order valence-electron chi connectivity index (χ4n) is 4.38. The molecule has 4 heteroatoms. The minimum Gasteiger partial charge on any atom is -0.489 e. The Bertz CT molecular complexity index is 769. The van der Waals surface area contributed by atoms with E-state index in [4.69, 9.17) is 4.74 Å². The zero-order chi connectivity index (χ0) is 19.2. The van der Waals surface area contributed by atoms with Crippen molar-refractivity contribution in [1.82, 2.24) is 5.32 Å². The number of hydrogen-bond donors (Lipinski definition) is 1. The van der Waals surface area contributed by atoms with Crippen LogP contribution in [0.4, 0.5) is 5.69 Å². The monoisotopic (exact) mass is 378 g/mol. The molecule has 28 heavy (non-hydrogen) atoms. The number of benzene rings is 2. The van der Waals surface area contributed by atoms with Gasteiger partial charge in [-0.3, -0.25) is 4.79 Å². The minimum atomic E-state index is 0.0425. The van der Waals surface area contributed by atoms with Crippen molar-refractivity contribution in [2.45, 2.75) is 63.6 Å². The molecule has 4 nitrogen and oxygen atoms in total. The number of carbonyl (C=O) groups excluding carboxylic acids is 1. The average molecular weight is 379 g/mol. The van der Waals surface area contributed by atoms with Crippen LogP contribution in [-0.2, 0) is 11.3 Å². The first kappa shape index (κ1) is 18.9. The Kier molecular flexibility index (Phi) is 6.15. The molecule has 2 aliphatic rings. The molecule has 1 fully saturated rings. The summed E-state index contributed by atoms with van der Waals surface area (Å²) in [5.41, 5.74) is 2.32. The van der Waals surface area contributed by atoms with Crippen molar-refractivity contribution >= 4 is 11.6 Å². The van der Waals surface area contributed by atoms with E-state index in [0.717, 1.165) is 30.8 Å². The summed E-state index contributed by atoms with van der Waals surface area (Å²) < 4.78 is 5.99. The molecule has 1 atom stereocenters. The summed E-state index contributed by atoms with van der Waals surface area (Å²) in [6.45, 7) is 1.32. The first-order chi connectivity index (χ1) is 13.8. The van der Waals surface area contributed by atoms with Crippen LogP contribution in [0.2, 0.25) is 0 Å². The average Bonchev–Trinajstić information content (AvgIpc) is 2.99. The van der Waals surface area contributed by atoms with E-state index in [2.05, 4.69) is 40.5 Å². The summed E-state index contributed by atoms with van der Waals surface area (Å²) in [6, 6.07) is 19.0. The van der Waals surface area contributed by atoms with Crippen molar-refractivity contribution in [2.24, 2.45) is 0 Å². The maximum atomic E-state index is 12.8. The predicted molar refractivity (Wildman–Crippen MR) is 113 cm³/mol. The van der Waals surface area contributed by atoms with Gasteiger partial charge < -0.3 is 15.0 Å². The number of rotatable bonds is 5. The Morgan fingerprint density at radius 2 is 1.68 bits per heavy atom. The Morgan fingerprint density at radius 1 is 0.964 bits per heavy atom. The molecule has 0 unspecified atom stereocenters. The van der Waals surface area contributed by atoms with Crippen molar-refractivity contribution < 1.29 is 9.53 Å². The van der Waals surface area contributed by atoms with Gasteiger partial charge in [0.2, 0.25) is 5.91 Å². The highest BCUT2D eigenvalue weighted by molar-refractivity contribution is 5.78. The van der Waals surface area contributed by atoms with E-state index >= 15 is 0 Å². The van der Waals surface area contributed by atoms with E-state index < -0.39 is 0 Å². The fraction of sp³-hybridized carbons (Fsp3) is 0.458. The van der Waals surface area contributed by atoms with Crippen LogP contribution in [0, 0.1) is 0 Å². The van der Waals surface area contributed by atoms with Gasteiger partial charge in [-0.25, -0.2) is 0 Å². The molecule has 1 aliphatic heterocycles. The maximum Gasteiger partial charge on any atom is 0.222 e. The summed E-state index contributed by atoms with van der Waals surface area (Å²) in [6.07, 6.45) is 7.75. The molecule has 1 saturated carbocycles. The number of nitrogens with one attached hydrogen (secondary N) is 1. The number of amides is 1. The third-order valence-electron chi connectivity index (χ3n) is 5.88. The van der Waals surface area contributed by atoms with E-state index in [1.54, 1.807) is 0 Å². The van der Waals surface area contributed by atoms with Crippen LogP contribution < -0.4 is 15.0 Å². The van der Waals surface area contributed by atoms with Gasteiger partial charge in [0.25, 0.3) is 0 Å². The van der Waals surface area contributed by atoms with E-state index in [0.29, 0.717) is 19.1 Å². The molecular formula is C24H30N2O2. The van der Waals surface area contributed by atoms with Gasteiger partial charge >= 0.3 is 0 Å². The third-order valence-corrected chi connectivity index (χ3v) is 5.88. The molecule has 2 aromatic rings. The quantitative estimate of drug-likeness (QED) is 0.768. The van der Waals surface area contributed by atoms with Crippen LogP contribution in [-0.4, -0.2) is 24.6 Å². The first-order valence-electron chi connectivity index (χ1n) is 10.6. The second-order valence-electron chi connectivity index (χ2n) is 8.01. The Labute approximate surface area is 167 Å². The molecule has 0 spiro atoms. The predicted octanol–water partition coefficient (Wildman–Crippen LogP) is 4.68. The summed E-state index contributed by atoms with van der Waals surface area (Å²) in [4.78, 5) is 15.1. The van der Waals surface area contributed by atoms with Gasteiger partial charge in [0, 0.05) is 12.6 Å². The van der Waals surface area contributed by atoms with Crippen LogP contribution in [0.1, 0.15) is 50.5 Å². The zero-order valence-electron chi connectivity index (χ0n) is 16.5. The number of anilines is 1. The van der Waals surface area contributed by atoms with Gasteiger partial charge in [0.15, 0.2) is 0 Å². The molecule has 2 aromatic carbocycles. The highest BCUT2D eigenvalue weighted by Crippen LogP contribution is 2.35.